The number of carbonyl (C=O) groups is 1. The second-order valence-electron chi connectivity index (χ2n) is 6.49. The van der Waals surface area contributed by atoms with Gasteiger partial charge in [-0.05, 0) is 57.2 Å². The number of rotatable bonds is 5. The molecule has 0 atom stereocenters. The van der Waals surface area contributed by atoms with Gasteiger partial charge in [-0.3, -0.25) is 4.31 Å². The highest BCUT2D eigenvalue weighted by Gasteiger charge is 2.29. The predicted octanol–water partition coefficient (Wildman–Crippen LogP) is 4.89. The van der Waals surface area contributed by atoms with E-state index in [1.807, 2.05) is 54.3 Å². The van der Waals surface area contributed by atoms with Crippen LogP contribution in [0, 0.1) is 0 Å². The Hall–Kier alpha value is -2.22. The fourth-order valence-corrected chi connectivity index (χ4v) is 5.04. The highest BCUT2D eigenvalue weighted by Crippen LogP contribution is 2.43. The molecule has 1 aliphatic rings. The first-order chi connectivity index (χ1) is 13.6. The maximum Gasteiger partial charge on any atom is 0.359 e. The van der Waals surface area contributed by atoms with E-state index in [0.717, 1.165) is 27.4 Å². The zero-order valence-electron chi connectivity index (χ0n) is 16.0. The number of fused-ring (bicyclic) bond motifs is 3. The fraction of sp³-hybridized carbons (Fsp3) is 0.238. The summed E-state index contributed by atoms with van der Waals surface area (Å²) in [5.74, 6) is 0.336. The highest BCUT2D eigenvalue weighted by molar-refractivity contribution is 7.98. The minimum atomic E-state index is -0.365. The first kappa shape index (κ1) is 19.1. The number of nitrogens with zero attached hydrogens (tertiary/aromatic N) is 3. The Morgan fingerprint density at radius 2 is 2.07 bits per heavy atom. The van der Waals surface area contributed by atoms with Gasteiger partial charge in [0.2, 0.25) is 0 Å². The van der Waals surface area contributed by atoms with Gasteiger partial charge in [-0.15, -0.1) is 11.8 Å². The molecule has 2 aromatic carbocycles. The quantitative estimate of drug-likeness (QED) is 0.440. The molecule has 0 N–H and O–H groups in total. The Labute approximate surface area is 173 Å². The number of benzene rings is 2. The molecule has 4 rings (SSSR count). The smallest absolute Gasteiger partial charge is 0.359 e. The molecule has 0 spiro atoms. The number of aromatic nitrogens is 2. The van der Waals surface area contributed by atoms with Gasteiger partial charge in [-0.25, -0.2) is 9.48 Å². The summed E-state index contributed by atoms with van der Waals surface area (Å²) in [6.45, 7) is 2.15. The van der Waals surface area contributed by atoms with Gasteiger partial charge in [0.1, 0.15) is 0 Å². The molecule has 0 saturated carbocycles. The van der Waals surface area contributed by atoms with Gasteiger partial charge in [0.25, 0.3) is 0 Å². The number of hydrogen-bond donors (Lipinski definition) is 0. The van der Waals surface area contributed by atoms with Crippen LogP contribution >= 0.6 is 23.7 Å². The Morgan fingerprint density at radius 1 is 1.25 bits per heavy atom. The molecule has 28 heavy (non-hydrogen) atoms. The number of hydrogen-bond acceptors (Lipinski definition) is 6. The Kier molecular flexibility index (Phi) is 5.48. The highest BCUT2D eigenvalue weighted by atomic mass is 32.2. The second kappa shape index (κ2) is 8.03. The van der Waals surface area contributed by atoms with Crippen molar-refractivity contribution in [2.75, 3.05) is 20.7 Å². The van der Waals surface area contributed by atoms with E-state index in [4.69, 9.17) is 9.84 Å². The van der Waals surface area contributed by atoms with E-state index in [-0.39, 0.29) is 5.97 Å². The van der Waals surface area contributed by atoms with E-state index in [1.165, 1.54) is 4.90 Å². The van der Waals surface area contributed by atoms with E-state index >= 15 is 0 Å². The monoisotopic (exact) mass is 411 g/mol. The van der Waals surface area contributed by atoms with E-state index in [0.29, 0.717) is 18.1 Å². The molecule has 0 amide bonds. The fourth-order valence-electron chi connectivity index (χ4n) is 3.23. The molecule has 1 aliphatic heterocycles. The minimum absolute atomic E-state index is 0.332. The van der Waals surface area contributed by atoms with Crippen molar-refractivity contribution in [1.82, 2.24) is 14.1 Å². The van der Waals surface area contributed by atoms with Crippen molar-refractivity contribution in [1.29, 1.82) is 0 Å². The average molecular weight is 412 g/mol. The summed E-state index contributed by atoms with van der Waals surface area (Å²) < 4.78 is 9.21. The van der Waals surface area contributed by atoms with Crippen molar-refractivity contribution >= 4 is 29.7 Å². The van der Waals surface area contributed by atoms with Crippen LogP contribution in [0.4, 0.5) is 0 Å². The van der Waals surface area contributed by atoms with Gasteiger partial charge in [0.05, 0.1) is 18.0 Å². The molecule has 0 bridgehead atoms. The molecule has 7 heteroatoms. The average Bonchev–Trinajstić information content (AvgIpc) is 3.08. The lowest BCUT2D eigenvalue weighted by Crippen LogP contribution is -2.08. The van der Waals surface area contributed by atoms with Crippen LogP contribution in [0.2, 0.25) is 0 Å². The van der Waals surface area contributed by atoms with Crippen LogP contribution in [-0.4, -0.2) is 40.8 Å². The van der Waals surface area contributed by atoms with Gasteiger partial charge in [0, 0.05) is 26.7 Å². The van der Waals surface area contributed by atoms with Crippen LogP contribution in [0.15, 0.2) is 58.3 Å². The van der Waals surface area contributed by atoms with Gasteiger partial charge in [-0.2, -0.15) is 5.10 Å². The SMILES string of the molecule is CCOC(=O)c1nn(-c2cccc(SN(C)C)c2)c2c1CSc1ccccc1-2. The molecule has 3 aromatic rings. The van der Waals surface area contributed by atoms with E-state index < -0.39 is 0 Å². The van der Waals surface area contributed by atoms with Crippen molar-refractivity contribution < 1.29 is 9.53 Å². The number of ether oxygens (including phenoxy) is 1. The van der Waals surface area contributed by atoms with Gasteiger partial charge < -0.3 is 4.74 Å². The van der Waals surface area contributed by atoms with Crippen LogP contribution in [0.3, 0.4) is 0 Å². The lowest BCUT2D eigenvalue weighted by atomic mass is 10.1. The standard InChI is InChI=1S/C21H21N3O2S2/c1-4-26-21(25)19-17-13-27-18-11-6-5-10-16(18)20(17)24(22-19)14-8-7-9-15(12-14)28-23(2)3/h5-12H,4,13H2,1-3H3. The zero-order chi connectivity index (χ0) is 19.7. The Bertz CT molecular complexity index is 1030. The second-order valence-corrected chi connectivity index (χ2v) is 8.90. The summed E-state index contributed by atoms with van der Waals surface area (Å²) in [4.78, 5) is 14.9. The normalized spacial score (nSPS) is 12.6. The molecule has 0 radical (unpaired) electrons. The summed E-state index contributed by atoms with van der Waals surface area (Å²) in [6.07, 6.45) is 0. The molecule has 144 valence electrons. The van der Waals surface area contributed by atoms with Crippen LogP contribution in [0.25, 0.3) is 16.9 Å². The molecule has 2 heterocycles. The van der Waals surface area contributed by atoms with Gasteiger partial charge >= 0.3 is 5.97 Å². The maximum atomic E-state index is 12.6. The molecular formula is C21H21N3O2S2. The summed E-state index contributed by atoms with van der Waals surface area (Å²) >= 11 is 3.38. The van der Waals surface area contributed by atoms with E-state index in [2.05, 4.69) is 24.3 Å². The molecule has 0 fully saturated rings. The van der Waals surface area contributed by atoms with Gasteiger partial charge in [0.15, 0.2) is 5.69 Å². The third-order valence-electron chi connectivity index (χ3n) is 4.32. The summed E-state index contributed by atoms with van der Waals surface area (Å²) in [5.41, 5.74) is 4.35. The minimum Gasteiger partial charge on any atom is -0.461 e. The van der Waals surface area contributed by atoms with Gasteiger partial charge in [-0.1, -0.05) is 24.3 Å². The third-order valence-corrected chi connectivity index (χ3v) is 6.25. The first-order valence-electron chi connectivity index (χ1n) is 9.05. The largest absolute Gasteiger partial charge is 0.461 e. The van der Waals surface area contributed by atoms with Crippen LogP contribution in [0.5, 0.6) is 0 Å². The molecule has 1 aromatic heterocycles. The molecule has 0 aliphatic carbocycles. The van der Waals surface area contributed by atoms with Crippen LogP contribution in [-0.2, 0) is 10.5 Å². The molecule has 0 unspecified atom stereocenters. The lowest BCUT2D eigenvalue weighted by molar-refractivity contribution is 0.0518. The van der Waals surface area contributed by atoms with E-state index in [1.54, 1.807) is 23.7 Å². The molecule has 5 nitrogen and oxygen atoms in total. The maximum absolute atomic E-state index is 12.6. The first-order valence-corrected chi connectivity index (χ1v) is 10.8. The Morgan fingerprint density at radius 3 is 2.86 bits per heavy atom. The van der Waals surface area contributed by atoms with Crippen molar-refractivity contribution in [3.05, 3.63) is 59.8 Å². The zero-order valence-corrected chi connectivity index (χ0v) is 17.6. The van der Waals surface area contributed by atoms with Crippen molar-refractivity contribution in [2.24, 2.45) is 0 Å². The number of carbonyl (C=O) groups excluding carboxylic acids is 1. The van der Waals surface area contributed by atoms with E-state index in [9.17, 15) is 4.79 Å². The molecular weight excluding hydrogens is 390 g/mol. The number of thioether (sulfide) groups is 1. The number of esters is 1. The summed E-state index contributed by atoms with van der Waals surface area (Å²) in [5, 5.41) is 4.71. The summed E-state index contributed by atoms with van der Waals surface area (Å²) in [6, 6.07) is 16.5. The topological polar surface area (TPSA) is 47.4 Å². The Balaban J connectivity index is 1.90. The van der Waals surface area contributed by atoms with Crippen LogP contribution in [0.1, 0.15) is 23.0 Å². The van der Waals surface area contributed by atoms with Crippen molar-refractivity contribution in [3.8, 4) is 16.9 Å². The third kappa shape index (κ3) is 3.57. The van der Waals surface area contributed by atoms with Crippen molar-refractivity contribution in [2.45, 2.75) is 22.5 Å². The lowest BCUT2D eigenvalue weighted by Gasteiger charge is -2.18. The molecule has 0 saturated heterocycles. The van der Waals surface area contributed by atoms with Crippen molar-refractivity contribution in [3.63, 3.8) is 0 Å². The summed E-state index contributed by atoms with van der Waals surface area (Å²) in [7, 11) is 4.03. The predicted molar refractivity (Wildman–Crippen MR) is 114 cm³/mol. The van der Waals surface area contributed by atoms with Crippen LogP contribution < -0.4 is 0 Å².